The second-order valence-corrected chi connectivity index (χ2v) is 15.3. The van der Waals surface area contributed by atoms with Crippen molar-refractivity contribution in [2.45, 2.75) is 137 Å². The lowest BCUT2D eigenvalue weighted by atomic mass is 9.42. The van der Waals surface area contributed by atoms with Gasteiger partial charge in [-0.2, -0.15) is 12.6 Å². The number of hydrogen-bond donors (Lipinski definition) is 1. The van der Waals surface area contributed by atoms with E-state index in [1.165, 1.54) is 0 Å². The lowest BCUT2D eigenvalue weighted by Gasteiger charge is -2.71. The third-order valence-corrected chi connectivity index (χ3v) is 14.4. The van der Waals surface area contributed by atoms with Crippen molar-refractivity contribution < 1.29 is 0 Å². The summed E-state index contributed by atoms with van der Waals surface area (Å²) >= 11 is 6.04. The molecule has 0 radical (unpaired) electrons. The van der Waals surface area contributed by atoms with Crippen molar-refractivity contribution in [2.75, 3.05) is 81.6 Å². The molecule has 0 bridgehead atoms. The van der Waals surface area contributed by atoms with E-state index in [9.17, 15) is 0 Å². The summed E-state index contributed by atoms with van der Waals surface area (Å²) in [5.41, 5.74) is -0.0748. The van der Waals surface area contributed by atoms with Gasteiger partial charge in [0, 0.05) is 57.7 Å². The normalized spacial score (nSPS) is 31.3. The van der Waals surface area contributed by atoms with Crippen LogP contribution in [0.25, 0.3) is 0 Å². The van der Waals surface area contributed by atoms with E-state index in [0.29, 0.717) is 36.3 Å². The van der Waals surface area contributed by atoms with Gasteiger partial charge in [-0.25, -0.2) is 0 Å². The minimum absolute atomic E-state index is 0.0477. The maximum atomic E-state index is 6.04. The summed E-state index contributed by atoms with van der Waals surface area (Å²) in [5.74, 6) is 0. The topological polar surface area (TPSA) is 19.4 Å². The van der Waals surface area contributed by atoms with Crippen molar-refractivity contribution in [2.24, 2.45) is 16.2 Å². The van der Waals surface area contributed by atoms with Crippen LogP contribution in [0.5, 0.6) is 0 Å². The van der Waals surface area contributed by atoms with E-state index in [1.807, 2.05) is 0 Å². The molecule has 0 saturated heterocycles. The Labute approximate surface area is 276 Å². The monoisotopic (exact) mass is 627 g/mol. The molecule has 6 nitrogen and oxygen atoms in total. The van der Waals surface area contributed by atoms with Crippen LogP contribution < -0.4 is 0 Å². The van der Waals surface area contributed by atoms with Crippen molar-refractivity contribution in [1.82, 2.24) is 29.4 Å². The van der Waals surface area contributed by atoms with Crippen LogP contribution in [0, 0.1) is 16.2 Å². The van der Waals surface area contributed by atoms with Gasteiger partial charge in [-0.3, -0.25) is 0 Å². The molecular formula is C36H78N6S. The highest BCUT2D eigenvalue weighted by atomic mass is 32.1. The molecule has 0 aromatic carbocycles. The fourth-order valence-electron chi connectivity index (χ4n) is 9.87. The summed E-state index contributed by atoms with van der Waals surface area (Å²) in [6.45, 7) is 35.8. The largest absolute Gasteiger partial charge is 0.306 e. The highest BCUT2D eigenvalue weighted by Gasteiger charge is 2.69. The Kier molecular flexibility index (Phi) is 16.1. The van der Waals surface area contributed by atoms with Crippen molar-refractivity contribution in [3.63, 3.8) is 0 Å². The zero-order chi connectivity index (χ0) is 33.7. The standard InChI is InChI=1S/C36H78N6S/c1-19-40(20-2)28(8)34(27(7)37(13)14)25-35(29(9)38(15)16,31(11)41(21-3)22-4)33(43)36(26-34,30(10)39(17)18)32(12)42(23-5)24-6/h27-33,43H,19-26H2,1-18H3. The quantitative estimate of drug-likeness (QED) is 0.185. The molecule has 0 aromatic heterocycles. The Bertz CT molecular complexity index is 749. The molecule has 1 fully saturated rings. The molecule has 0 aromatic rings. The smallest absolute Gasteiger partial charge is 0.0190 e. The number of thiol groups is 1. The first-order valence-electron chi connectivity index (χ1n) is 17.8. The second-order valence-electron chi connectivity index (χ2n) is 14.8. The predicted molar refractivity (Wildman–Crippen MR) is 196 cm³/mol. The third kappa shape index (κ3) is 7.33. The fourth-order valence-corrected chi connectivity index (χ4v) is 10.9. The molecule has 1 rings (SSSR count). The number of rotatable bonds is 18. The van der Waals surface area contributed by atoms with Crippen molar-refractivity contribution in [3.8, 4) is 0 Å². The van der Waals surface area contributed by atoms with Crippen LogP contribution in [0.4, 0.5) is 0 Å². The van der Waals surface area contributed by atoms with Gasteiger partial charge in [0.2, 0.25) is 0 Å². The predicted octanol–water partition coefficient (Wildman–Crippen LogP) is 6.08. The molecule has 0 N–H and O–H groups in total. The maximum Gasteiger partial charge on any atom is 0.0190 e. The lowest BCUT2D eigenvalue weighted by molar-refractivity contribution is -0.177. The van der Waals surface area contributed by atoms with Crippen LogP contribution in [-0.2, 0) is 0 Å². The second kappa shape index (κ2) is 16.8. The number of nitrogens with zero attached hydrogens (tertiary/aromatic N) is 6. The first kappa shape index (κ1) is 41.1. The highest BCUT2D eigenvalue weighted by molar-refractivity contribution is 7.81. The summed E-state index contributed by atoms with van der Waals surface area (Å²) in [5, 5.41) is 0.201. The third-order valence-electron chi connectivity index (χ3n) is 13.5. The Morgan fingerprint density at radius 1 is 0.465 bits per heavy atom. The molecule has 7 heteroatoms. The molecular weight excluding hydrogens is 549 g/mol. The van der Waals surface area contributed by atoms with Gasteiger partial charge < -0.3 is 29.4 Å². The van der Waals surface area contributed by atoms with Gasteiger partial charge in [0.15, 0.2) is 0 Å². The summed E-state index contributed by atoms with van der Waals surface area (Å²) in [4.78, 5) is 15.8. The summed E-state index contributed by atoms with van der Waals surface area (Å²) in [7, 11) is 13.9. The van der Waals surface area contributed by atoms with Crippen molar-refractivity contribution in [1.29, 1.82) is 0 Å². The van der Waals surface area contributed by atoms with E-state index in [-0.39, 0.29) is 21.5 Å². The zero-order valence-electron chi connectivity index (χ0n) is 32.3. The minimum atomic E-state index is -0.0613. The van der Waals surface area contributed by atoms with E-state index in [1.54, 1.807) is 0 Å². The Balaban J connectivity index is 4.61. The Morgan fingerprint density at radius 2 is 0.721 bits per heavy atom. The van der Waals surface area contributed by atoms with Crippen LogP contribution >= 0.6 is 12.6 Å². The Hall–Kier alpha value is 0.110. The molecule has 0 heterocycles. The van der Waals surface area contributed by atoms with Gasteiger partial charge in [0.1, 0.15) is 0 Å². The van der Waals surface area contributed by atoms with Crippen LogP contribution in [-0.4, -0.2) is 152 Å². The molecule has 0 spiro atoms. The van der Waals surface area contributed by atoms with Gasteiger partial charge >= 0.3 is 0 Å². The van der Waals surface area contributed by atoms with Crippen LogP contribution in [0.2, 0.25) is 0 Å². The molecule has 1 aliphatic rings. The van der Waals surface area contributed by atoms with Gasteiger partial charge in [-0.1, -0.05) is 41.5 Å². The van der Waals surface area contributed by atoms with E-state index in [0.717, 1.165) is 52.1 Å². The molecule has 1 saturated carbocycles. The maximum absolute atomic E-state index is 6.04. The fraction of sp³-hybridized carbons (Fsp3) is 1.00. The van der Waals surface area contributed by atoms with Crippen molar-refractivity contribution in [3.05, 3.63) is 0 Å². The first-order chi connectivity index (χ1) is 19.9. The summed E-state index contributed by atoms with van der Waals surface area (Å²) in [6.07, 6.45) is 2.32. The molecule has 258 valence electrons. The van der Waals surface area contributed by atoms with Crippen LogP contribution in [0.3, 0.4) is 0 Å². The SMILES string of the molecule is CCN(CC)C(C)C1(C(C)N(C)C)CC(C(C)N(C)C)(C(C)N(CC)CC)C(S)C(C(C)N(C)C)(C(C)N(CC)CC)C1. The van der Waals surface area contributed by atoms with Crippen LogP contribution in [0.15, 0.2) is 0 Å². The average Bonchev–Trinajstić information content (AvgIpc) is 2.97. The van der Waals surface area contributed by atoms with E-state index in [4.69, 9.17) is 12.6 Å². The lowest BCUT2D eigenvalue weighted by Crippen LogP contribution is -2.76. The van der Waals surface area contributed by atoms with E-state index < -0.39 is 0 Å². The van der Waals surface area contributed by atoms with Gasteiger partial charge in [0.25, 0.3) is 0 Å². The number of hydrogen-bond acceptors (Lipinski definition) is 7. The molecule has 43 heavy (non-hydrogen) atoms. The highest BCUT2D eigenvalue weighted by Crippen LogP contribution is 2.66. The molecule has 0 aliphatic heterocycles. The average molecular weight is 627 g/mol. The summed E-state index contributed by atoms with van der Waals surface area (Å²) in [6, 6.07) is 2.27. The van der Waals surface area contributed by atoms with E-state index in [2.05, 4.69) is 155 Å². The van der Waals surface area contributed by atoms with Gasteiger partial charge in [-0.15, -0.1) is 0 Å². The van der Waals surface area contributed by atoms with Crippen LogP contribution in [0.1, 0.15) is 95.9 Å². The first-order valence-corrected chi connectivity index (χ1v) is 18.3. The van der Waals surface area contributed by atoms with E-state index >= 15 is 0 Å². The zero-order valence-corrected chi connectivity index (χ0v) is 33.2. The van der Waals surface area contributed by atoms with Gasteiger partial charge in [-0.05, 0) is 136 Å². The molecule has 8 unspecified atom stereocenters. The molecule has 0 amide bonds. The molecule has 1 aliphatic carbocycles. The minimum Gasteiger partial charge on any atom is -0.306 e. The molecule has 8 atom stereocenters. The Morgan fingerprint density at radius 3 is 0.953 bits per heavy atom. The summed E-state index contributed by atoms with van der Waals surface area (Å²) < 4.78 is 0. The van der Waals surface area contributed by atoms with Crippen molar-refractivity contribution >= 4 is 12.6 Å². The van der Waals surface area contributed by atoms with Gasteiger partial charge in [0.05, 0.1) is 0 Å².